The summed E-state index contributed by atoms with van der Waals surface area (Å²) in [6.45, 7) is 0. The minimum Gasteiger partial charge on any atom is -0.233 e. The fourth-order valence-electron chi connectivity index (χ4n) is 0.798. The van der Waals surface area contributed by atoms with Gasteiger partial charge in [0.1, 0.15) is 0 Å². The van der Waals surface area contributed by atoms with Crippen molar-refractivity contribution < 1.29 is 0 Å². The highest BCUT2D eigenvalue weighted by molar-refractivity contribution is 7.80. The Kier molecular flexibility index (Phi) is 1.39. The van der Waals surface area contributed by atoms with Gasteiger partial charge >= 0.3 is 0 Å². The molecule has 0 aliphatic heterocycles. The molecular weight excluding hydrogens is 162 g/mol. The Morgan fingerprint density at radius 1 is 1.50 bits per heavy atom. The zero-order valence-corrected chi connectivity index (χ0v) is 6.75. The normalized spacial score (nSPS) is 10.5. The molecule has 1 nitrogen and oxygen atoms in total. The molecule has 2 aromatic rings. The summed E-state index contributed by atoms with van der Waals surface area (Å²) in [7, 11) is 0. The van der Waals surface area contributed by atoms with Gasteiger partial charge in [0.2, 0.25) is 0 Å². The average molecular weight is 166 g/mol. The van der Waals surface area contributed by atoms with Gasteiger partial charge in [0, 0.05) is 4.90 Å². The van der Waals surface area contributed by atoms with Gasteiger partial charge in [-0.15, -0.1) is 24.0 Å². The Morgan fingerprint density at radius 2 is 2.40 bits per heavy atom. The smallest absolute Gasteiger partial charge is 0.153 e. The van der Waals surface area contributed by atoms with Crippen molar-refractivity contribution in [1.82, 2.24) is 4.98 Å². The fourth-order valence-corrected chi connectivity index (χ4v) is 1.74. The second kappa shape index (κ2) is 2.25. The zero-order chi connectivity index (χ0) is 6.97. The van der Waals surface area contributed by atoms with Crippen molar-refractivity contribution in [3.8, 4) is 0 Å². The van der Waals surface area contributed by atoms with E-state index in [1.54, 1.807) is 0 Å². The van der Waals surface area contributed by atoms with E-state index in [0.717, 1.165) is 15.1 Å². The van der Waals surface area contributed by atoms with Crippen LogP contribution in [0, 0.1) is 5.51 Å². The maximum atomic E-state index is 4.20. The van der Waals surface area contributed by atoms with Crippen molar-refractivity contribution in [2.45, 2.75) is 4.90 Å². The molecule has 0 amide bonds. The van der Waals surface area contributed by atoms with E-state index in [9.17, 15) is 0 Å². The average Bonchev–Trinajstić information content (AvgIpc) is 2.33. The van der Waals surface area contributed by atoms with E-state index in [1.165, 1.54) is 11.3 Å². The van der Waals surface area contributed by atoms with E-state index < -0.39 is 0 Å². The number of thiazole rings is 1. The van der Waals surface area contributed by atoms with Crippen LogP contribution in [0.25, 0.3) is 10.2 Å². The maximum absolute atomic E-state index is 4.20. The molecule has 2 rings (SSSR count). The monoisotopic (exact) mass is 166 g/mol. The van der Waals surface area contributed by atoms with E-state index in [1.807, 2.05) is 18.2 Å². The molecule has 0 unspecified atom stereocenters. The lowest BCUT2D eigenvalue weighted by molar-refractivity contribution is 1.45. The molecule has 0 aliphatic rings. The van der Waals surface area contributed by atoms with E-state index in [0.29, 0.717) is 0 Å². The number of aromatic nitrogens is 1. The van der Waals surface area contributed by atoms with Gasteiger partial charge in [-0.25, -0.2) is 4.98 Å². The van der Waals surface area contributed by atoms with Crippen LogP contribution in [0.4, 0.5) is 0 Å². The van der Waals surface area contributed by atoms with Gasteiger partial charge in [-0.05, 0) is 18.2 Å². The Morgan fingerprint density at radius 3 is 3.30 bits per heavy atom. The second-order valence-electron chi connectivity index (χ2n) is 1.96. The number of benzene rings is 1. The van der Waals surface area contributed by atoms with Gasteiger partial charge in [-0.1, -0.05) is 0 Å². The highest BCUT2D eigenvalue weighted by atomic mass is 32.1. The SMILES string of the molecule is Sc1ccc2n[c]sc2c1. The quantitative estimate of drug-likeness (QED) is 0.593. The predicted octanol–water partition coefficient (Wildman–Crippen LogP) is 2.39. The van der Waals surface area contributed by atoms with Crippen molar-refractivity contribution in [1.29, 1.82) is 0 Å². The molecule has 0 spiro atoms. The molecule has 1 aromatic heterocycles. The molecular formula is C7H4NS2. The van der Waals surface area contributed by atoms with Crippen molar-refractivity contribution in [2.24, 2.45) is 0 Å². The van der Waals surface area contributed by atoms with Crippen LogP contribution in [0.2, 0.25) is 0 Å². The van der Waals surface area contributed by atoms with Crippen LogP contribution >= 0.6 is 24.0 Å². The molecule has 0 bridgehead atoms. The molecule has 1 heterocycles. The molecule has 0 aliphatic carbocycles. The van der Waals surface area contributed by atoms with Gasteiger partial charge in [-0.3, -0.25) is 0 Å². The van der Waals surface area contributed by atoms with E-state index in [4.69, 9.17) is 0 Å². The first-order chi connectivity index (χ1) is 4.86. The van der Waals surface area contributed by atoms with Crippen LogP contribution in [0.3, 0.4) is 0 Å². The Balaban J connectivity index is 2.86. The molecule has 49 valence electrons. The first-order valence-corrected chi connectivity index (χ1v) is 4.08. The molecule has 0 atom stereocenters. The summed E-state index contributed by atoms with van der Waals surface area (Å²) in [6.07, 6.45) is 0. The Labute approximate surface area is 68.1 Å². The van der Waals surface area contributed by atoms with Crippen molar-refractivity contribution >= 4 is 34.2 Å². The summed E-state index contributed by atoms with van der Waals surface area (Å²) < 4.78 is 1.15. The number of rotatable bonds is 0. The van der Waals surface area contributed by atoms with Gasteiger partial charge < -0.3 is 0 Å². The molecule has 0 saturated heterocycles. The van der Waals surface area contributed by atoms with E-state index in [2.05, 4.69) is 23.1 Å². The van der Waals surface area contributed by atoms with Gasteiger partial charge in [0.25, 0.3) is 0 Å². The molecule has 10 heavy (non-hydrogen) atoms. The van der Waals surface area contributed by atoms with E-state index >= 15 is 0 Å². The minimum absolute atomic E-state index is 0.977. The number of fused-ring (bicyclic) bond motifs is 1. The highest BCUT2D eigenvalue weighted by Gasteiger charge is 1.94. The summed E-state index contributed by atoms with van der Waals surface area (Å²) in [5.41, 5.74) is 3.83. The Hall–Kier alpha value is -0.540. The summed E-state index contributed by atoms with van der Waals surface area (Å²) in [4.78, 5) is 5.00. The molecule has 1 radical (unpaired) electrons. The molecule has 0 N–H and O–H groups in total. The number of thiol groups is 1. The van der Waals surface area contributed by atoms with Crippen molar-refractivity contribution in [2.75, 3.05) is 0 Å². The zero-order valence-electron chi connectivity index (χ0n) is 5.03. The van der Waals surface area contributed by atoms with Crippen LogP contribution < -0.4 is 0 Å². The number of nitrogens with zero attached hydrogens (tertiary/aromatic N) is 1. The molecule has 1 aromatic carbocycles. The second-order valence-corrected chi connectivity index (χ2v) is 3.30. The molecule has 0 fully saturated rings. The van der Waals surface area contributed by atoms with E-state index in [-0.39, 0.29) is 0 Å². The van der Waals surface area contributed by atoms with Crippen LogP contribution in [-0.4, -0.2) is 4.98 Å². The standard InChI is InChI=1S/C7H4NS2/c9-5-1-2-6-7(3-5)10-4-8-6/h1-3,9H. The number of hydrogen-bond acceptors (Lipinski definition) is 3. The maximum Gasteiger partial charge on any atom is 0.153 e. The summed E-state index contributed by atoms with van der Waals surface area (Å²) in [6, 6.07) is 5.87. The number of hydrogen-bond donors (Lipinski definition) is 1. The lowest BCUT2D eigenvalue weighted by Crippen LogP contribution is -1.65. The van der Waals surface area contributed by atoms with Crippen LogP contribution in [0.1, 0.15) is 0 Å². The van der Waals surface area contributed by atoms with Gasteiger partial charge in [0.05, 0.1) is 10.2 Å². The lowest BCUT2D eigenvalue weighted by Gasteiger charge is -1.87. The third-order valence-electron chi connectivity index (χ3n) is 1.27. The topological polar surface area (TPSA) is 12.9 Å². The predicted molar refractivity (Wildman–Crippen MR) is 45.7 cm³/mol. The lowest BCUT2D eigenvalue weighted by atomic mass is 10.3. The van der Waals surface area contributed by atoms with Crippen molar-refractivity contribution in [3.63, 3.8) is 0 Å². The minimum atomic E-state index is 0.977. The fraction of sp³-hybridized carbons (Fsp3) is 0. The third kappa shape index (κ3) is 0.914. The van der Waals surface area contributed by atoms with Crippen LogP contribution in [-0.2, 0) is 0 Å². The summed E-state index contributed by atoms with van der Waals surface area (Å²) >= 11 is 5.72. The van der Waals surface area contributed by atoms with Crippen LogP contribution in [0.5, 0.6) is 0 Å². The first kappa shape index (κ1) is 6.19. The molecule has 3 heteroatoms. The summed E-state index contributed by atoms with van der Waals surface area (Å²) in [5, 5.41) is 0. The highest BCUT2D eigenvalue weighted by Crippen LogP contribution is 2.19. The largest absolute Gasteiger partial charge is 0.233 e. The Bertz CT molecular complexity index is 353. The van der Waals surface area contributed by atoms with Gasteiger partial charge in [-0.2, -0.15) is 0 Å². The van der Waals surface area contributed by atoms with Crippen LogP contribution in [0.15, 0.2) is 23.1 Å². The third-order valence-corrected chi connectivity index (χ3v) is 2.27. The van der Waals surface area contributed by atoms with Crippen molar-refractivity contribution in [3.05, 3.63) is 23.7 Å². The van der Waals surface area contributed by atoms with Gasteiger partial charge in [0.15, 0.2) is 5.51 Å². The molecule has 0 saturated carbocycles. The first-order valence-electron chi connectivity index (χ1n) is 2.82. The summed E-state index contributed by atoms with van der Waals surface area (Å²) in [5.74, 6) is 0.